The number of para-hydroxylation sites is 1. The molecular formula is C33H33FN4O5S. The van der Waals surface area contributed by atoms with Crippen LogP contribution in [0, 0.1) is 25.1 Å². The Kier molecular flexibility index (Phi) is 7.23. The average Bonchev–Trinajstić information content (AvgIpc) is 3.20. The van der Waals surface area contributed by atoms with Gasteiger partial charge in [0.1, 0.15) is 30.0 Å². The molecule has 2 aliphatic rings. The molecule has 1 aromatic heterocycles. The molecule has 0 aliphatic carbocycles. The molecule has 9 nitrogen and oxygen atoms in total. The van der Waals surface area contributed by atoms with Crippen LogP contribution in [0.4, 0.5) is 21.5 Å². The normalized spacial score (nSPS) is 18.6. The Labute approximate surface area is 255 Å². The number of allylic oxidation sites excluding steroid dienone is 1. The zero-order valence-corrected chi connectivity index (χ0v) is 25.7. The molecule has 6 rings (SSSR count). The zero-order valence-electron chi connectivity index (χ0n) is 24.8. The first-order valence-corrected chi connectivity index (χ1v) is 15.8. The van der Waals surface area contributed by atoms with E-state index in [2.05, 4.69) is 10.3 Å². The Hall–Kier alpha value is -4.64. The second-order valence-corrected chi connectivity index (χ2v) is 13.9. The van der Waals surface area contributed by atoms with Crippen LogP contribution in [0.3, 0.4) is 0 Å². The Morgan fingerprint density at radius 3 is 2.57 bits per heavy atom. The Balaban J connectivity index is 1.57. The van der Waals surface area contributed by atoms with Crippen LogP contribution in [0.2, 0.25) is 0 Å². The van der Waals surface area contributed by atoms with E-state index in [0.29, 0.717) is 17.8 Å². The zero-order chi connectivity index (χ0) is 31.4. The summed E-state index contributed by atoms with van der Waals surface area (Å²) in [6, 6.07) is 17.3. The predicted molar refractivity (Wildman–Crippen MR) is 166 cm³/mol. The van der Waals surface area contributed by atoms with E-state index in [1.54, 1.807) is 38.1 Å². The lowest BCUT2D eigenvalue weighted by molar-refractivity contribution is 0.0975. The minimum atomic E-state index is -4.03. The van der Waals surface area contributed by atoms with Gasteiger partial charge in [-0.1, -0.05) is 50.2 Å². The number of halogens is 1. The summed E-state index contributed by atoms with van der Waals surface area (Å²) in [5.74, 6) is -0.850. The summed E-state index contributed by atoms with van der Waals surface area (Å²) in [5.41, 5.74) is 7.95. The fourth-order valence-corrected chi connectivity index (χ4v) is 8.44. The maximum absolute atomic E-state index is 16.3. The number of nitrogens with zero attached hydrogens (tertiary/aromatic N) is 2. The number of anilines is 3. The third-order valence-corrected chi connectivity index (χ3v) is 10.1. The van der Waals surface area contributed by atoms with E-state index >= 15 is 4.39 Å². The molecule has 11 heteroatoms. The van der Waals surface area contributed by atoms with Crippen LogP contribution in [0.25, 0.3) is 0 Å². The second kappa shape index (κ2) is 10.8. The predicted octanol–water partition coefficient (Wildman–Crippen LogP) is 6.46. The minimum Gasteiger partial charge on any atom is -0.489 e. The number of aryl methyl sites for hydroxylation is 2. The van der Waals surface area contributed by atoms with Crippen molar-refractivity contribution in [2.75, 3.05) is 21.7 Å². The van der Waals surface area contributed by atoms with Crippen molar-refractivity contribution in [2.24, 2.45) is 5.41 Å². The summed E-state index contributed by atoms with van der Waals surface area (Å²) < 4.78 is 56.1. The molecule has 0 saturated carbocycles. The lowest BCUT2D eigenvalue weighted by Gasteiger charge is -2.37. The standard InChI is InChI=1S/C33H33FN4O5S/c1-19-28(36-20(2)43-19)32(39)38-29(23-14-13-22(15-24(23)34)42-17-21-9-6-5-7-10-21)31-27(16-33(3,4)18-44(31,40)41)37-26-12-8-11-25(35)30(26)38/h5-15,29,37H,16-18,35H2,1-4H3. The molecule has 0 spiro atoms. The highest BCUT2D eigenvalue weighted by molar-refractivity contribution is 7.95. The molecule has 0 radical (unpaired) electrons. The quantitative estimate of drug-likeness (QED) is 0.245. The summed E-state index contributed by atoms with van der Waals surface area (Å²) in [4.78, 5) is 19.9. The molecule has 228 valence electrons. The van der Waals surface area contributed by atoms with Crippen LogP contribution in [0.15, 0.2) is 81.7 Å². The molecule has 0 bridgehead atoms. The van der Waals surface area contributed by atoms with Crippen molar-refractivity contribution < 1.29 is 26.8 Å². The third kappa shape index (κ3) is 5.32. The number of nitrogens with two attached hydrogens (primary N) is 1. The largest absolute Gasteiger partial charge is 0.489 e. The van der Waals surface area contributed by atoms with E-state index in [-0.39, 0.29) is 57.3 Å². The average molecular weight is 617 g/mol. The van der Waals surface area contributed by atoms with Gasteiger partial charge in [0.2, 0.25) is 0 Å². The van der Waals surface area contributed by atoms with Crippen molar-refractivity contribution in [2.45, 2.75) is 46.8 Å². The van der Waals surface area contributed by atoms with Gasteiger partial charge in [-0.3, -0.25) is 9.69 Å². The highest BCUT2D eigenvalue weighted by atomic mass is 32.2. The van der Waals surface area contributed by atoms with Crippen molar-refractivity contribution in [3.63, 3.8) is 0 Å². The molecule has 1 unspecified atom stereocenters. The van der Waals surface area contributed by atoms with Gasteiger partial charge in [0, 0.05) is 24.3 Å². The lowest BCUT2D eigenvalue weighted by atomic mass is 9.88. The van der Waals surface area contributed by atoms with Crippen molar-refractivity contribution in [1.29, 1.82) is 0 Å². The summed E-state index contributed by atoms with van der Waals surface area (Å²) in [7, 11) is -4.03. The van der Waals surface area contributed by atoms with Crippen molar-refractivity contribution in [3.05, 3.63) is 112 Å². The molecule has 2 aliphatic heterocycles. The molecular weight excluding hydrogens is 583 g/mol. The summed E-state index contributed by atoms with van der Waals surface area (Å²) >= 11 is 0. The van der Waals surface area contributed by atoms with Gasteiger partial charge in [0.15, 0.2) is 21.4 Å². The van der Waals surface area contributed by atoms with E-state index < -0.39 is 33.0 Å². The molecule has 0 saturated heterocycles. The molecule has 3 aromatic carbocycles. The third-order valence-electron chi connectivity index (χ3n) is 7.81. The highest BCUT2D eigenvalue weighted by Gasteiger charge is 2.48. The molecule has 1 amide bonds. The van der Waals surface area contributed by atoms with Gasteiger partial charge in [0.25, 0.3) is 5.91 Å². The van der Waals surface area contributed by atoms with Crippen LogP contribution in [0.1, 0.15) is 59.6 Å². The van der Waals surface area contributed by atoms with Gasteiger partial charge >= 0.3 is 0 Å². The number of carbonyl (C=O) groups excluding carboxylic acids is 1. The van der Waals surface area contributed by atoms with Gasteiger partial charge in [-0.25, -0.2) is 17.8 Å². The number of benzene rings is 3. The first-order valence-electron chi connectivity index (χ1n) is 14.2. The number of fused-ring (bicyclic) bond motifs is 1. The molecule has 44 heavy (non-hydrogen) atoms. The van der Waals surface area contributed by atoms with E-state index in [0.717, 1.165) is 5.56 Å². The van der Waals surface area contributed by atoms with Crippen molar-refractivity contribution in [1.82, 2.24) is 4.98 Å². The lowest BCUT2D eigenvalue weighted by Crippen LogP contribution is -2.42. The van der Waals surface area contributed by atoms with Crippen LogP contribution < -0.4 is 20.7 Å². The number of oxazole rings is 1. The van der Waals surface area contributed by atoms with E-state index in [1.165, 1.54) is 17.0 Å². The topological polar surface area (TPSA) is 128 Å². The number of aromatic nitrogens is 1. The Bertz CT molecular complexity index is 1920. The van der Waals surface area contributed by atoms with Gasteiger partial charge in [0.05, 0.1) is 27.7 Å². The number of rotatable bonds is 5. The van der Waals surface area contributed by atoms with Crippen LogP contribution in [0.5, 0.6) is 5.75 Å². The Morgan fingerprint density at radius 1 is 1.14 bits per heavy atom. The highest BCUT2D eigenvalue weighted by Crippen LogP contribution is 2.51. The number of hydrogen-bond acceptors (Lipinski definition) is 8. The van der Waals surface area contributed by atoms with Crippen molar-refractivity contribution >= 4 is 32.8 Å². The summed E-state index contributed by atoms with van der Waals surface area (Å²) in [5, 5.41) is 3.27. The number of ether oxygens (including phenoxy) is 1. The van der Waals surface area contributed by atoms with Crippen LogP contribution >= 0.6 is 0 Å². The van der Waals surface area contributed by atoms with Crippen LogP contribution in [-0.4, -0.2) is 25.1 Å². The van der Waals surface area contributed by atoms with Gasteiger partial charge in [-0.15, -0.1) is 0 Å². The molecule has 1 atom stereocenters. The van der Waals surface area contributed by atoms with Gasteiger partial charge in [-0.2, -0.15) is 0 Å². The van der Waals surface area contributed by atoms with Gasteiger partial charge < -0.3 is 20.2 Å². The number of sulfone groups is 1. The van der Waals surface area contributed by atoms with E-state index in [4.69, 9.17) is 14.9 Å². The molecule has 0 fully saturated rings. The molecule has 4 aromatic rings. The van der Waals surface area contributed by atoms with Gasteiger partial charge in [-0.05, 0) is 48.6 Å². The maximum Gasteiger partial charge on any atom is 0.281 e. The van der Waals surface area contributed by atoms with E-state index in [9.17, 15) is 13.2 Å². The smallest absolute Gasteiger partial charge is 0.281 e. The van der Waals surface area contributed by atoms with Crippen LogP contribution in [-0.2, 0) is 16.4 Å². The number of amides is 1. The maximum atomic E-state index is 16.3. The molecule has 3 N–H and O–H groups in total. The Morgan fingerprint density at radius 2 is 1.89 bits per heavy atom. The van der Waals surface area contributed by atoms with Crippen molar-refractivity contribution in [3.8, 4) is 5.75 Å². The number of hydrogen-bond donors (Lipinski definition) is 2. The first-order chi connectivity index (χ1) is 20.8. The fourth-order valence-electron chi connectivity index (χ4n) is 6.08. The summed E-state index contributed by atoms with van der Waals surface area (Å²) in [6.07, 6.45) is 0.344. The minimum absolute atomic E-state index is 0.0255. The second-order valence-electron chi connectivity index (χ2n) is 12.0. The number of nitrogens with one attached hydrogen (secondary N) is 1. The molecule has 3 heterocycles. The number of carbonyl (C=O) groups is 1. The summed E-state index contributed by atoms with van der Waals surface area (Å²) in [6.45, 7) is 7.14. The number of nitrogen functional groups attached to an aromatic ring is 1. The first kappa shape index (κ1) is 29.4. The monoisotopic (exact) mass is 616 g/mol. The van der Waals surface area contributed by atoms with E-state index in [1.807, 2.05) is 44.2 Å². The fraction of sp³-hybridized carbons (Fsp3) is 0.273. The SMILES string of the molecule is Cc1nc(C(=O)N2c3c(N)cccc3NC3=C(C2c2ccc(OCc4ccccc4)cc2F)S(=O)(=O)CC(C)(C)C3)c(C)o1.